The number of ether oxygens (including phenoxy) is 1. The summed E-state index contributed by atoms with van der Waals surface area (Å²) in [5.41, 5.74) is 0. The molecule has 0 unspecified atom stereocenters. The van der Waals surface area contributed by atoms with Crippen LogP contribution in [0, 0.1) is 11.8 Å². The molecule has 1 aliphatic rings. The van der Waals surface area contributed by atoms with Crippen molar-refractivity contribution in [2.45, 2.75) is 180 Å². The van der Waals surface area contributed by atoms with Gasteiger partial charge in [0.05, 0.1) is 0 Å². The van der Waals surface area contributed by atoms with Crippen molar-refractivity contribution in [3.05, 3.63) is 0 Å². The van der Waals surface area contributed by atoms with Gasteiger partial charge in [0, 0.05) is 6.42 Å². The molecule has 0 aromatic carbocycles. The maximum atomic E-state index is 12.4. The van der Waals surface area contributed by atoms with Gasteiger partial charge in [0.1, 0.15) is 6.10 Å². The molecule has 3 heteroatoms. The standard InChI is InChI=1S/C34H67NO2/c1-5-7-9-11-13-17-21-26-33(37-34(36)28-23-29-35(3)4)27-22-18-14-16-20-25-32-30-31(32)24-19-15-12-10-8-6-2/h31-33H,5-30H2,1-4H3/t31-,32+,33-/m1/s1. The fraction of sp³-hybridized carbons (Fsp3) is 0.971. The first-order valence-corrected chi connectivity index (χ1v) is 16.9. The second-order valence-corrected chi connectivity index (χ2v) is 12.6. The minimum atomic E-state index is 0.0229. The van der Waals surface area contributed by atoms with E-state index in [1.165, 1.54) is 135 Å². The van der Waals surface area contributed by atoms with Gasteiger partial charge in [-0.05, 0) is 71.0 Å². The van der Waals surface area contributed by atoms with Gasteiger partial charge in [-0.25, -0.2) is 0 Å². The molecule has 0 saturated heterocycles. The third-order valence-electron chi connectivity index (χ3n) is 8.51. The molecule has 3 nitrogen and oxygen atoms in total. The van der Waals surface area contributed by atoms with Gasteiger partial charge in [-0.1, -0.05) is 129 Å². The number of unbranched alkanes of at least 4 members (excludes halogenated alkanes) is 15. The van der Waals surface area contributed by atoms with Crippen LogP contribution in [0.15, 0.2) is 0 Å². The molecule has 37 heavy (non-hydrogen) atoms. The Balaban J connectivity index is 2.09. The smallest absolute Gasteiger partial charge is 0.306 e. The van der Waals surface area contributed by atoms with E-state index in [1.54, 1.807) is 0 Å². The molecule has 0 aromatic heterocycles. The van der Waals surface area contributed by atoms with E-state index < -0.39 is 0 Å². The predicted molar refractivity (Wildman–Crippen MR) is 162 cm³/mol. The molecule has 0 aromatic rings. The summed E-state index contributed by atoms with van der Waals surface area (Å²) in [5.74, 6) is 2.16. The molecule has 0 heterocycles. The number of rotatable bonds is 28. The predicted octanol–water partition coefficient (Wildman–Crippen LogP) is 10.5. The zero-order valence-corrected chi connectivity index (χ0v) is 25.9. The normalized spacial score (nSPS) is 17.9. The molecular weight excluding hydrogens is 454 g/mol. The van der Waals surface area contributed by atoms with E-state index in [9.17, 15) is 4.79 Å². The first-order chi connectivity index (χ1) is 18.1. The molecule has 0 aliphatic heterocycles. The van der Waals surface area contributed by atoms with E-state index in [4.69, 9.17) is 4.74 Å². The topological polar surface area (TPSA) is 29.5 Å². The highest BCUT2D eigenvalue weighted by molar-refractivity contribution is 5.69. The number of esters is 1. The quantitative estimate of drug-likeness (QED) is 0.0757. The average Bonchev–Trinajstić information content (AvgIpc) is 3.62. The van der Waals surface area contributed by atoms with E-state index >= 15 is 0 Å². The van der Waals surface area contributed by atoms with Crippen LogP contribution < -0.4 is 0 Å². The number of nitrogens with zero attached hydrogens (tertiary/aromatic N) is 1. The molecule has 1 rings (SSSR count). The highest BCUT2D eigenvalue weighted by Gasteiger charge is 2.35. The lowest BCUT2D eigenvalue weighted by atomic mass is 10.0. The molecule has 0 radical (unpaired) electrons. The van der Waals surface area contributed by atoms with Gasteiger partial charge in [0.25, 0.3) is 0 Å². The van der Waals surface area contributed by atoms with Crippen LogP contribution in [-0.2, 0) is 9.53 Å². The first kappa shape index (κ1) is 34.5. The molecule has 1 saturated carbocycles. The van der Waals surface area contributed by atoms with Gasteiger partial charge in [-0.2, -0.15) is 0 Å². The fourth-order valence-corrected chi connectivity index (χ4v) is 5.89. The van der Waals surface area contributed by atoms with Crippen molar-refractivity contribution in [2.24, 2.45) is 11.8 Å². The van der Waals surface area contributed by atoms with Gasteiger partial charge in [-0.3, -0.25) is 4.79 Å². The number of carbonyl (C=O) groups is 1. The van der Waals surface area contributed by atoms with Gasteiger partial charge in [-0.15, -0.1) is 0 Å². The SMILES string of the molecule is CCCCCCCCC[C@H](CCCCCCC[C@H]1C[C@H]1CCCCCCCC)OC(=O)CCCN(C)C. The Morgan fingerprint density at radius 3 is 1.54 bits per heavy atom. The largest absolute Gasteiger partial charge is 0.462 e. The molecule has 220 valence electrons. The van der Waals surface area contributed by atoms with Crippen molar-refractivity contribution in [1.29, 1.82) is 0 Å². The van der Waals surface area contributed by atoms with Gasteiger partial charge in [0.2, 0.25) is 0 Å². The highest BCUT2D eigenvalue weighted by Crippen LogP contribution is 2.45. The van der Waals surface area contributed by atoms with Crippen molar-refractivity contribution < 1.29 is 9.53 Å². The zero-order chi connectivity index (χ0) is 27.0. The summed E-state index contributed by atoms with van der Waals surface area (Å²) in [7, 11) is 4.13. The summed E-state index contributed by atoms with van der Waals surface area (Å²) < 4.78 is 5.96. The van der Waals surface area contributed by atoms with E-state index in [1.807, 2.05) is 0 Å². The first-order valence-electron chi connectivity index (χ1n) is 16.9. The highest BCUT2D eigenvalue weighted by atomic mass is 16.5. The van der Waals surface area contributed by atoms with Gasteiger partial charge >= 0.3 is 5.97 Å². The Hall–Kier alpha value is -0.570. The lowest BCUT2D eigenvalue weighted by molar-refractivity contribution is -0.150. The lowest BCUT2D eigenvalue weighted by Gasteiger charge is -2.18. The van der Waals surface area contributed by atoms with E-state index in [0.717, 1.165) is 37.6 Å². The average molecular weight is 522 g/mol. The number of hydrogen-bond acceptors (Lipinski definition) is 3. The number of carbonyl (C=O) groups excluding carboxylic acids is 1. The van der Waals surface area contributed by atoms with Gasteiger partial charge < -0.3 is 9.64 Å². The Bertz CT molecular complexity index is 506. The second kappa shape index (κ2) is 24.5. The van der Waals surface area contributed by atoms with Crippen LogP contribution in [0.25, 0.3) is 0 Å². The zero-order valence-electron chi connectivity index (χ0n) is 25.9. The molecular formula is C34H67NO2. The van der Waals surface area contributed by atoms with Crippen molar-refractivity contribution in [3.8, 4) is 0 Å². The maximum Gasteiger partial charge on any atom is 0.306 e. The molecule has 0 amide bonds. The van der Waals surface area contributed by atoms with Crippen molar-refractivity contribution in [3.63, 3.8) is 0 Å². The fourth-order valence-electron chi connectivity index (χ4n) is 5.89. The van der Waals surface area contributed by atoms with Crippen LogP contribution >= 0.6 is 0 Å². The Kier molecular flexibility index (Phi) is 22.8. The van der Waals surface area contributed by atoms with Crippen LogP contribution in [0.3, 0.4) is 0 Å². The summed E-state index contributed by atoms with van der Waals surface area (Å²) in [4.78, 5) is 14.5. The van der Waals surface area contributed by atoms with Crippen LogP contribution in [0.4, 0.5) is 0 Å². The van der Waals surface area contributed by atoms with Crippen LogP contribution in [0.5, 0.6) is 0 Å². The Morgan fingerprint density at radius 1 is 0.649 bits per heavy atom. The van der Waals surface area contributed by atoms with E-state index in [-0.39, 0.29) is 12.1 Å². The van der Waals surface area contributed by atoms with Crippen molar-refractivity contribution in [2.75, 3.05) is 20.6 Å². The molecule has 0 bridgehead atoms. The van der Waals surface area contributed by atoms with E-state index in [0.29, 0.717) is 6.42 Å². The third kappa shape index (κ3) is 22.0. The summed E-state index contributed by atoms with van der Waals surface area (Å²) in [6.07, 6.45) is 32.8. The molecule has 3 atom stereocenters. The van der Waals surface area contributed by atoms with Crippen LogP contribution in [0.1, 0.15) is 174 Å². The summed E-state index contributed by atoms with van der Waals surface area (Å²) in [5, 5.41) is 0. The molecule has 1 fully saturated rings. The molecule has 0 spiro atoms. The minimum Gasteiger partial charge on any atom is -0.462 e. The van der Waals surface area contributed by atoms with Crippen molar-refractivity contribution >= 4 is 5.97 Å². The van der Waals surface area contributed by atoms with E-state index in [2.05, 4.69) is 32.8 Å². The number of hydrogen-bond donors (Lipinski definition) is 0. The summed E-state index contributed by atoms with van der Waals surface area (Å²) in [6.45, 7) is 5.53. The maximum absolute atomic E-state index is 12.4. The molecule has 1 aliphatic carbocycles. The third-order valence-corrected chi connectivity index (χ3v) is 8.51. The Labute approximate surface area is 233 Å². The monoisotopic (exact) mass is 522 g/mol. The van der Waals surface area contributed by atoms with Crippen molar-refractivity contribution in [1.82, 2.24) is 4.90 Å². The Morgan fingerprint density at radius 2 is 1.08 bits per heavy atom. The lowest BCUT2D eigenvalue weighted by Crippen LogP contribution is -2.20. The van der Waals surface area contributed by atoms with Gasteiger partial charge in [0.15, 0.2) is 0 Å². The summed E-state index contributed by atoms with van der Waals surface area (Å²) in [6, 6.07) is 0. The second-order valence-electron chi connectivity index (χ2n) is 12.6. The van der Waals surface area contributed by atoms with Crippen LogP contribution in [0.2, 0.25) is 0 Å². The minimum absolute atomic E-state index is 0.0229. The van der Waals surface area contributed by atoms with Crippen LogP contribution in [-0.4, -0.2) is 37.6 Å². The molecule has 0 N–H and O–H groups in total. The summed E-state index contributed by atoms with van der Waals surface area (Å²) >= 11 is 0.